The fourth-order valence-electron chi connectivity index (χ4n) is 3.34. The van der Waals surface area contributed by atoms with Crippen LogP contribution < -0.4 is 10.2 Å². The highest BCUT2D eigenvalue weighted by Gasteiger charge is 2.20. The second-order valence-electron chi connectivity index (χ2n) is 6.63. The Bertz CT molecular complexity index is 627. The minimum atomic E-state index is 0.708. The Kier molecular flexibility index (Phi) is 6.63. The summed E-state index contributed by atoms with van der Waals surface area (Å²) in [6, 6.07) is 12.8. The van der Waals surface area contributed by atoms with Crippen LogP contribution in [0.4, 0.5) is 11.8 Å². The van der Waals surface area contributed by atoms with Gasteiger partial charge in [0, 0.05) is 39.5 Å². The molecular formula is C20H28N4O. The normalized spacial score (nSPS) is 15.3. The largest absolute Gasteiger partial charge is 0.385 e. The van der Waals surface area contributed by atoms with Crippen LogP contribution in [0, 0.1) is 5.92 Å². The molecule has 1 fully saturated rings. The van der Waals surface area contributed by atoms with E-state index in [1.807, 2.05) is 12.3 Å². The van der Waals surface area contributed by atoms with Gasteiger partial charge in [0.1, 0.15) is 5.82 Å². The van der Waals surface area contributed by atoms with Gasteiger partial charge in [-0.25, -0.2) is 4.98 Å². The van der Waals surface area contributed by atoms with Crippen molar-refractivity contribution in [2.45, 2.75) is 25.7 Å². The fraction of sp³-hybridized carbons (Fsp3) is 0.500. The van der Waals surface area contributed by atoms with Gasteiger partial charge in [-0.15, -0.1) is 0 Å². The van der Waals surface area contributed by atoms with Crippen molar-refractivity contribution in [3.8, 4) is 0 Å². The average molecular weight is 340 g/mol. The maximum atomic E-state index is 5.06. The van der Waals surface area contributed by atoms with E-state index in [2.05, 4.69) is 50.5 Å². The topological polar surface area (TPSA) is 50.3 Å². The number of anilines is 2. The maximum Gasteiger partial charge on any atom is 0.224 e. The van der Waals surface area contributed by atoms with E-state index >= 15 is 0 Å². The van der Waals surface area contributed by atoms with Gasteiger partial charge >= 0.3 is 0 Å². The number of benzene rings is 1. The molecule has 1 saturated heterocycles. The first-order valence-corrected chi connectivity index (χ1v) is 9.20. The average Bonchev–Trinajstić information content (AvgIpc) is 2.67. The smallest absolute Gasteiger partial charge is 0.224 e. The Labute approximate surface area is 150 Å². The Morgan fingerprint density at radius 2 is 1.96 bits per heavy atom. The number of aromatic nitrogens is 2. The molecule has 0 radical (unpaired) electrons. The zero-order chi connectivity index (χ0) is 17.3. The second-order valence-corrected chi connectivity index (χ2v) is 6.63. The van der Waals surface area contributed by atoms with Gasteiger partial charge in [0.2, 0.25) is 5.95 Å². The zero-order valence-corrected chi connectivity index (χ0v) is 15.0. The molecule has 0 saturated carbocycles. The van der Waals surface area contributed by atoms with Crippen LogP contribution in [-0.2, 0) is 11.2 Å². The molecule has 0 aliphatic carbocycles. The van der Waals surface area contributed by atoms with Crippen molar-refractivity contribution in [3.05, 3.63) is 48.2 Å². The first-order valence-electron chi connectivity index (χ1n) is 9.20. The standard InChI is InChI=1S/C20H28N4O/c1-25-15-5-11-21-20-22-12-8-19(23-20)24-13-9-18(10-14-24)16-17-6-3-2-4-7-17/h2-4,6-8,12,18H,5,9-11,13-16H2,1H3,(H,21,22,23). The summed E-state index contributed by atoms with van der Waals surface area (Å²) in [5.41, 5.74) is 1.45. The molecular weight excluding hydrogens is 312 g/mol. The summed E-state index contributed by atoms with van der Waals surface area (Å²) in [4.78, 5) is 11.4. The molecule has 1 N–H and O–H groups in total. The van der Waals surface area contributed by atoms with Gasteiger partial charge in [-0.2, -0.15) is 4.98 Å². The van der Waals surface area contributed by atoms with Crippen molar-refractivity contribution in [1.29, 1.82) is 0 Å². The highest BCUT2D eigenvalue weighted by molar-refractivity contribution is 5.42. The van der Waals surface area contributed by atoms with E-state index in [-0.39, 0.29) is 0 Å². The lowest BCUT2D eigenvalue weighted by molar-refractivity contribution is 0.197. The number of nitrogens with one attached hydrogen (secondary N) is 1. The van der Waals surface area contributed by atoms with E-state index in [0.29, 0.717) is 5.95 Å². The fourth-order valence-corrected chi connectivity index (χ4v) is 3.34. The minimum Gasteiger partial charge on any atom is -0.385 e. The van der Waals surface area contributed by atoms with E-state index in [0.717, 1.165) is 44.4 Å². The lowest BCUT2D eigenvalue weighted by Crippen LogP contribution is -2.35. The molecule has 0 bridgehead atoms. The van der Waals surface area contributed by atoms with Crippen molar-refractivity contribution in [2.24, 2.45) is 5.92 Å². The number of hydrogen-bond donors (Lipinski definition) is 1. The third-order valence-electron chi connectivity index (χ3n) is 4.75. The van der Waals surface area contributed by atoms with Crippen molar-refractivity contribution >= 4 is 11.8 Å². The molecule has 0 unspecified atom stereocenters. The van der Waals surface area contributed by atoms with Crippen LogP contribution in [0.1, 0.15) is 24.8 Å². The van der Waals surface area contributed by atoms with Gasteiger partial charge in [0.15, 0.2) is 0 Å². The molecule has 134 valence electrons. The summed E-state index contributed by atoms with van der Waals surface area (Å²) in [7, 11) is 1.72. The van der Waals surface area contributed by atoms with E-state index in [1.54, 1.807) is 7.11 Å². The van der Waals surface area contributed by atoms with E-state index in [4.69, 9.17) is 4.74 Å². The SMILES string of the molecule is COCCCNc1nccc(N2CCC(Cc3ccccc3)CC2)n1. The molecule has 1 aromatic heterocycles. The van der Waals surface area contributed by atoms with Gasteiger partial charge in [0.05, 0.1) is 0 Å². The maximum absolute atomic E-state index is 5.06. The van der Waals surface area contributed by atoms with Crippen LogP contribution in [0.15, 0.2) is 42.6 Å². The second kappa shape index (κ2) is 9.37. The van der Waals surface area contributed by atoms with Crippen LogP contribution in [0.25, 0.3) is 0 Å². The summed E-state index contributed by atoms with van der Waals surface area (Å²) >= 11 is 0. The summed E-state index contributed by atoms with van der Waals surface area (Å²) in [6.07, 6.45) is 6.42. The summed E-state index contributed by atoms with van der Waals surface area (Å²) < 4.78 is 5.06. The molecule has 25 heavy (non-hydrogen) atoms. The molecule has 1 aliphatic rings. The van der Waals surface area contributed by atoms with Crippen LogP contribution in [0.3, 0.4) is 0 Å². The molecule has 1 aliphatic heterocycles. The molecule has 1 aromatic carbocycles. The van der Waals surface area contributed by atoms with Crippen LogP contribution in [-0.4, -0.2) is 43.3 Å². The highest BCUT2D eigenvalue weighted by Crippen LogP contribution is 2.25. The molecule has 5 nitrogen and oxygen atoms in total. The Morgan fingerprint density at radius 3 is 2.72 bits per heavy atom. The molecule has 2 aromatic rings. The zero-order valence-electron chi connectivity index (χ0n) is 15.0. The first kappa shape index (κ1) is 17.7. The number of methoxy groups -OCH3 is 1. The Morgan fingerprint density at radius 1 is 1.16 bits per heavy atom. The van der Waals surface area contributed by atoms with Gasteiger partial charge in [-0.1, -0.05) is 30.3 Å². The number of nitrogens with zero attached hydrogens (tertiary/aromatic N) is 3. The monoisotopic (exact) mass is 340 g/mol. The predicted molar refractivity (Wildman–Crippen MR) is 102 cm³/mol. The van der Waals surface area contributed by atoms with Gasteiger partial charge in [0.25, 0.3) is 0 Å². The quantitative estimate of drug-likeness (QED) is 0.747. The predicted octanol–water partition coefficient (Wildman–Crippen LogP) is 3.38. The molecule has 5 heteroatoms. The Balaban J connectivity index is 1.49. The van der Waals surface area contributed by atoms with Crippen LogP contribution in [0.5, 0.6) is 0 Å². The number of piperidine rings is 1. The van der Waals surface area contributed by atoms with Crippen molar-refractivity contribution in [2.75, 3.05) is 43.6 Å². The van der Waals surface area contributed by atoms with Gasteiger partial charge < -0.3 is 15.0 Å². The number of ether oxygens (including phenoxy) is 1. The molecule has 3 rings (SSSR count). The van der Waals surface area contributed by atoms with Gasteiger partial charge in [-0.05, 0) is 43.2 Å². The van der Waals surface area contributed by atoms with Crippen molar-refractivity contribution in [1.82, 2.24) is 9.97 Å². The third kappa shape index (κ3) is 5.43. The van der Waals surface area contributed by atoms with E-state index in [1.165, 1.54) is 24.8 Å². The first-order chi connectivity index (χ1) is 12.3. The van der Waals surface area contributed by atoms with Crippen molar-refractivity contribution < 1.29 is 4.74 Å². The minimum absolute atomic E-state index is 0.708. The highest BCUT2D eigenvalue weighted by atomic mass is 16.5. The lowest BCUT2D eigenvalue weighted by atomic mass is 9.90. The number of rotatable bonds is 8. The van der Waals surface area contributed by atoms with Crippen molar-refractivity contribution in [3.63, 3.8) is 0 Å². The summed E-state index contributed by atoms with van der Waals surface area (Å²) in [5.74, 6) is 2.51. The molecule has 0 atom stereocenters. The lowest BCUT2D eigenvalue weighted by Gasteiger charge is -2.33. The van der Waals surface area contributed by atoms with Gasteiger partial charge in [-0.3, -0.25) is 0 Å². The molecule has 0 spiro atoms. The summed E-state index contributed by atoms with van der Waals surface area (Å²) in [6.45, 7) is 3.72. The summed E-state index contributed by atoms with van der Waals surface area (Å²) in [5, 5.41) is 3.27. The molecule has 0 amide bonds. The van der Waals surface area contributed by atoms with Crippen LogP contribution in [0.2, 0.25) is 0 Å². The van der Waals surface area contributed by atoms with Crippen LogP contribution >= 0.6 is 0 Å². The molecule has 2 heterocycles. The van der Waals surface area contributed by atoms with E-state index in [9.17, 15) is 0 Å². The van der Waals surface area contributed by atoms with E-state index < -0.39 is 0 Å². The Hall–Kier alpha value is -2.14. The number of hydrogen-bond acceptors (Lipinski definition) is 5. The third-order valence-corrected chi connectivity index (χ3v) is 4.75.